The molecular formula is C20H14N4OS3. The van der Waals surface area contributed by atoms with E-state index < -0.39 is 0 Å². The maximum Gasteiger partial charge on any atom is 0.259 e. The van der Waals surface area contributed by atoms with Crippen molar-refractivity contribution in [1.82, 2.24) is 14.9 Å². The molecule has 0 aliphatic carbocycles. The maximum atomic E-state index is 12.8. The summed E-state index contributed by atoms with van der Waals surface area (Å²) in [4.78, 5) is 25.5. The van der Waals surface area contributed by atoms with Crippen molar-refractivity contribution in [1.29, 1.82) is 5.26 Å². The molecule has 0 N–H and O–H groups in total. The number of carbonyl (C=O) groups excluding carboxylic acids is 1. The molecule has 138 valence electrons. The van der Waals surface area contributed by atoms with E-state index in [2.05, 4.69) is 16.0 Å². The van der Waals surface area contributed by atoms with Gasteiger partial charge < -0.3 is 0 Å². The molecule has 0 radical (unpaired) electrons. The van der Waals surface area contributed by atoms with Gasteiger partial charge in [-0.1, -0.05) is 65.2 Å². The highest BCUT2D eigenvalue weighted by Gasteiger charge is 2.31. The number of fused-ring (bicyclic) bond motifs is 1. The Balaban J connectivity index is 1.76. The third-order valence-corrected chi connectivity index (χ3v) is 6.87. The first-order valence-electron chi connectivity index (χ1n) is 8.55. The predicted octanol–water partition coefficient (Wildman–Crippen LogP) is 4.83. The number of carbonyl (C=O) groups is 1. The smallest absolute Gasteiger partial charge is 0.259 e. The Kier molecular flexibility index (Phi) is 4.89. The minimum Gasteiger partial charge on any atom is -0.298 e. The number of hydrogen-bond donors (Lipinski definition) is 0. The Morgan fingerprint density at radius 2 is 1.93 bits per heavy atom. The number of nitrogens with zero attached hydrogens (tertiary/aromatic N) is 4. The summed E-state index contributed by atoms with van der Waals surface area (Å²) in [5.74, 6) is -0.194. The molecule has 1 aliphatic heterocycles. The van der Waals surface area contributed by atoms with Crippen LogP contribution in [0.4, 0.5) is 0 Å². The van der Waals surface area contributed by atoms with Gasteiger partial charge in [0.1, 0.15) is 21.1 Å². The van der Waals surface area contributed by atoms with Crippen LogP contribution in [-0.4, -0.2) is 32.3 Å². The molecule has 1 amide bonds. The van der Waals surface area contributed by atoms with Gasteiger partial charge in [0, 0.05) is 17.7 Å². The first-order valence-corrected chi connectivity index (χ1v) is 10.6. The SMILES string of the molecule is CCN1C(=O)/C(=C\c2nc3sc(-c4ccccc4)nc3s2)C(C)=C(C#N)C1=S. The fourth-order valence-corrected chi connectivity index (χ4v) is 5.37. The van der Waals surface area contributed by atoms with Crippen LogP contribution >= 0.6 is 34.9 Å². The van der Waals surface area contributed by atoms with Crippen molar-refractivity contribution in [2.24, 2.45) is 0 Å². The van der Waals surface area contributed by atoms with Crippen molar-refractivity contribution < 1.29 is 4.79 Å². The molecule has 1 aliphatic rings. The van der Waals surface area contributed by atoms with E-state index in [0.29, 0.717) is 33.3 Å². The molecule has 0 saturated heterocycles. The number of likely N-dealkylation sites (N-methyl/N-ethyl adjacent to an activating group) is 1. The van der Waals surface area contributed by atoms with Crippen LogP contribution in [-0.2, 0) is 4.79 Å². The van der Waals surface area contributed by atoms with Crippen molar-refractivity contribution >= 4 is 61.5 Å². The summed E-state index contributed by atoms with van der Waals surface area (Å²) >= 11 is 8.25. The van der Waals surface area contributed by atoms with Crippen LogP contribution in [0.5, 0.6) is 0 Å². The number of thiazole rings is 2. The molecule has 4 rings (SSSR count). The van der Waals surface area contributed by atoms with Gasteiger partial charge in [-0.3, -0.25) is 9.69 Å². The topological polar surface area (TPSA) is 69.9 Å². The third kappa shape index (κ3) is 3.07. The number of hydrogen-bond acceptors (Lipinski definition) is 7. The molecule has 0 fully saturated rings. The zero-order chi connectivity index (χ0) is 19.8. The van der Waals surface area contributed by atoms with Crippen LogP contribution < -0.4 is 0 Å². The van der Waals surface area contributed by atoms with E-state index >= 15 is 0 Å². The molecule has 1 aromatic carbocycles. The lowest BCUT2D eigenvalue weighted by atomic mass is 9.96. The summed E-state index contributed by atoms with van der Waals surface area (Å²) in [6, 6.07) is 12.1. The Morgan fingerprint density at radius 3 is 2.57 bits per heavy atom. The zero-order valence-corrected chi connectivity index (χ0v) is 17.5. The molecule has 2 aromatic heterocycles. The van der Waals surface area contributed by atoms with E-state index in [1.165, 1.54) is 27.6 Å². The lowest BCUT2D eigenvalue weighted by Crippen LogP contribution is -2.41. The predicted molar refractivity (Wildman–Crippen MR) is 117 cm³/mol. The number of rotatable bonds is 3. The van der Waals surface area contributed by atoms with Gasteiger partial charge in [-0.25, -0.2) is 9.97 Å². The summed E-state index contributed by atoms with van der Waals surface area (Å²) < 4.78 is 0. The lowest BCUT2D eigenvalue weighted by molar-refractivity contribution is -0.123. The Hall–Kier alpha value is -2.73. The quantitative estimate of drug-likeness (QED) is 0.446. The van der Waals surface area contributed by atoms with Crippen molar-refractivity contribution in [3.05, 3.63) is 52.1 Å². The fraction of sp³-hybridized carbons (Fsp3) is 0.150. The molecule has 3 aromatic rings. The van der Waals surface area contributed by atoms with Crippen LogP contribution in [0.3, 0.4) is 0 Å². The summed E-state index contributed by atoms with van der Waals surface area (Å²) in [7, 11) is 0. The fourth-order valence-electron chi connectivity index (χ4n) is 2.96. The Labute approximate surface area is 175 Å². The molecule has 3 heterocycles. The van der Waals surface area contributed by atoms with E-state index in [1.807, 2.05) is 37.3 Å². The average Bonchev–Trinajstić information content (AvgIpc) is 3.25. The molecule has 0 saturated carbocycles. The van der Waals surface area contributed by atoms with Crippen LogP contribution in [0.15, 0.2) is 47.1 Å². The second kappa shape index (κ2) is 7.36. The monoisotopic (exact) mass is 422 g/mol. The van der Waals surface area contributed by atoms with E-state index in [4.69, 9.17) is 12.2 Å². The highest BCUT2D eigenvalue weighted by atomic mass is 32.1. The highest BCUT2D eigenvalue weighted by Crippen LogP contribution is 2.35. The number of aromatic nitrogens is 2. The summed E-state index contributed by atoms with van der Waals surface area (Å²) in [6.45, 7) is 4.01. The summed E-state index contributed by atoms with van der Waals surface area (Å²) in [5, 5.41) is 11.1. The van der Waals surface area contributed by atoms with E-state index in [1.54, 1.807) is 13.0 Å². The molecule has 5 nitrogen and oxygen atoms in total. The minimum atomic E-state index is -0.194. The second-order valence-corrected chi connectivity index (χ2v) is 8.45. The first-order chi connectivity index (χ1) is 13.5. The average molecular weight is 423 g/mol. The summed E-state index contributed by atoms with van der Waals surface area (Å²) in [6.07, 6.45) is 1.74. The maximum absolute atomic E-state index is 12.8. The zero-order valence-electron chi connectivity index (χ0n) is 15.1. The molecule has 8 heteroatoms. The molecule has 0 atom stereocenters. The number of benzene rings is 1. The minimum absolute atomic E-state index is 0.194. The third-order valence-electron chi connectivity index (χ3n) is 4.42. The Morgan fingerprint density at radius 1 is 1.21 bits per heavy atom. The van der Waals surface area contributed by atoms with Gasteiger partial charge >= 0.3 is 0 Å². The van der Waals surface area contributed by atoms with Crippen LogP contribution in [0, 0.1) is 11.3 Å². The van der Waals surface area contributed by atoms with E-state index in [-0.39, 0.29) is 5.91 Å². The van der Waals surface area contributed by atoms with Crippen LogP contribution in [0.2, 0.25) is 0 Å². The largest absolute Gasteiger partial charge is 0.298 e. The molecule has 0 spiro atoms. The van der Waals surface area contributed by atoms with Crippen molar-refractivity contribution in [2.45, 2.75) is 13.8 Å². The van der Waals surface area contributed by atoms with Crippen LogP contribution in [0.25, 0.3) is 26.3 Å². The molecule has 0 unspecified atom stereocenters. The number of nitriles is 1. The van der Waals surface area contributed by atoms with Crippen LogP contribution in [0.1, 0.15) is 18.9 Å². The van der Waals surface area contributed by atoms with E-state index in [0.717, 1.165) is 20.2 Å². The number of thiocarbonyl (C=S) groups is 1. The molecular weight excluding hydrogens is 408 g/mol. The van der Waals surface area contributed by atoms with Gasteiger partial charge in [-0.2, -0.15) is 5.26 Å². The van der Waals surface area contributed by atoms with Crippen molar-refractivity contribution in [3.8, 4) is 16.6 Å². The normalized spacial score (nSPS) is 16.3. The van der Waals surface area contributed by atoms with Crippen molar-refractivity contribution in [3.63, 3.8) is 0 Å². The van der Waals surface area contributed by atoms with Gasteiger partial charge in [0.2, 0.25) is 0 Å². The highest BCUT2D eigenvalue weighted by molar-refractivity contribution is 7.80. The van der Waals surface area contributed by atoms with Gasteiger partial charge in [0.25, 0.3) is 5.91 Å². The van der Waals surface area contributed by atoms with E-state index in [9.17, 15) is 10.1 Å². The van der Waals surface area contributed by atoms with Gasteiger partial charge in [-0.15, -0.1) is 0 Å². The van der Waals surface area contributed by atoms with Gasteiger partial charge in [0.15, 0.2) is 9.66 Å². The van der Waals surface area contributed by atoms with Gasteiger partial charge in [0.05, 0.1) is 5.57 Å². The summed E-state index contributed by atoms with van der Waals surface area (Å²) in [5.41, 5.74) is 2.48. The van der Waals surface area contributed by atoms with Gasteiger partial charge in [-0.05, 0) is 25.5 Å². The Bertz CT molecular complexity index is 1180. The second-order valence-electron chi connectivity index (χ2n) is 6.07. The lowest BCUT2D eigenvalue weighted by Gasteiger charge is -2.28. The molecule has 28 heavy (non-hydrogen) atoms. The molecule has 0 bridgehead atoms. The standard InChI is InChI=1S/C20H14N4OS3/c1-3-24-19(25)13(11(2)14(10-21)20(24)26)9-15-22-17-18(27-15)23-16(28-17)12-7-5-4-6-8-12/h4-9H,3H2,1-2H3/b13-9-. The van der Waals surface area contributed by atoms with Crippen molar-refractivity contribution in [2.75, 3.05) is 6.54 Å². The number of amides is 1. The first kappa shape index (κ1) is 18.6.